The Labute approximate surface area is 601 Å². The van der Waals surface area contributed by atoms with Crippen LogP contribution < -0.4 is 31.9 Å². The molecular weight excluding hydrogens is 1340 g/mol. The predicted molar refractivity (Wildman–Crippen MR) is 394 cm³/mol. The van der Waals surface area contributed by atoms with Crippen molar-refractivity contribution in [1.29, 1.82) is 10.5 Å². The fourth-order valence-electron chi connectivity index (χ4n) is 12.5. The molecule has 22 nitrogen and oxygen atoms in total. The van der Waals surface area contributed by atoms with E-state index in [1.165, 1.54) is 13.8 Å². The minimum absolute atomic E-state index is 0.0484. The zero-order valence-corrected chi connectivity index (χ0v) is 60.7. The van der Waals surface area contributed by atoms with Crippen LogP contribution in [0.3, 0.4) is 0 Å². The Morgan fingerprint density at radius 1 is 0.471 bits per heavy atom. The first-order valence-electron chi connectivity index (χ1n) is 34.6. The summed E-state index contributed by atoms with van der Waals surface area (Å²) in [5, 5.41) is 35.8. The maximum absolute atomic E-state index is 13.8. The first kappa shape index (κ1) is 77.9. The van der Waals surface area contributed by atoms with E-state index in [0.29, 0.717) is 24.3 Å². The Morgan fingerprint density at radius 2 is 0.882 bits per heavy atom. The molecule has 2 fully saturated rings. The van der Waals surface area contributed by atoms with Crippen LogP contribution in [-0.4, -0.2) is 153 Å². The zero-order chi connectivity index (χ0) is 73.7. The summed E-state index contributed by atoms with van der Waals surface area (Å²) in [7, 11) is -0.989. The first-order valence-corrected chi connectivity index (χ1v) is 37.7. The highest BCUT2D eigenvalue weighted by atomic mass is 32.2. The summed E-state index contributed by atoms with van der Waals surface area (Å²) in [6.45, 7) is 13.5. The molecule has 102 heavy (non-hydrogen) atoms. The lowest BCUT2D eigenvalue weighted by Gasteiger charge is -2.24. The van der Waals surface area contributed by atoms with Crippen LogP contribution in [0, 0.1) is 22.7 Å². The van der Waals surface area contributed by atoms with Gasteiger partial charge in [-0.3, -0.25) is 28.8 Å². The topological polar surface area (TPSA) is 327 Å². The Morgan fingerprint density at radius 3 is 1.33 bits per heavy atom. The molecule has 24 heteroatoms. The third-order valence-electron chi connectivity index (χ3n) is 17.5. The van der Waals surface area contributed by atoms with E-state index in [2.05, 4.69) is 38.0 Å². The quantitative estimate of drug-likeness (QED) is 0.00935. The van der Waals surface area contributed by atoms with Crippen molar-refractivity contribution in [2.75, 3.05) is 42.8 Å². The Hall–Kier alpha value is -9.78. The van der Waals surface area contributed by atoms with E-state index in [9.17, 15) is 58.5 Å². The van der Waals surface area contributed by atoms with Crippen LogP contribution in [-0.2, 0) is 58.9 Å². The highest BCUT2D eigenvalue weighted by Gasteiger charge is 2.36. The van der Waals surface area contributed by atoms with Crippen molar-refractivity contribution in [3.05, 3.63) is 155 Å². The number of hydrogen-bond acceptors (Lipinski definition) is 16. The monoisotopic (exact) mass is 1430 g/mol. The molecule has 5 atom stereocenters. The van der Waals surface area contributed by atoms with Crippen molar-refractivity contribution in [3.8, 4) is 34.4 Å². The summed E-state index contributed by atoms with van der Waals surface area (Å²) in [6, 6.07) is 39.7. The Kier molecular flexibility index (Phi) is 28.1. The van der Waals surface area contributed by atoms with Gasteiger partial charge in [0, 0.05) is 31.2 Å². The second-order valence-corrected chi connectivity index (χ2v) is 31.9. The number of fused-ring (bicyclic) bond motifs is 6. The molecule has 5 aromatic carbocycles. The number of unbranched alkanes of at least 4 members (excludes halogenated alkanes) is 1. The predicted octanol–water partition coefficient (Wildman–Crippen LogP) is 10.6. The largest absolute Gasteiger partial charge is 0.454 e. The Bertz CT molecular complexity index is 3980. The Balaban J connectivity index is 0.000000266. The summed E-state index contributed by atoms with van der Waals surface area (Å²) in [4.78, 5) is 131. The maximum atomic E-state index is 13.8. The average molecular weight is 1430 g/mol. The molecule has 0 bridgehead atoms. The van der Waals surface area contributed by atoms with E-state index in [4.69, 9.17) is 18.9 Å². The number of benzene rings is 5. The molecule has 2 saturated heterocycles. The molecule has 0 aromatic heterocycles. The number of amides is 6. The van der Waals surface area contributed by atoms with Crippen LogP contribution in [0.5, 0.6) is 0 Å². The normalized spacial score (nSPS) is 15.3. The van der Waals surface area contributed by atoms with Crippen LogP contribution in [0.4, 0.5) is 14.4 Å². The molecule has 2 aliphatic carbocycles. The number of esters is 1. The minimum Gasteiger partial charge on any atom is -0.454 e. The van der Waals surface area contributed by atoms with Crippen molar-refractivity contribution in [3.63, 3.8) is 0 Å². The number of ketones is 3. The van der Waals surface area contributed by atoms with Gasteiger partial charge in [0.15, 0.2) is 0 Å². The summed E-state index contributed by atoms with van der Waals surface area (Å²) in [6.07, 6.45) is 2.24. The molecule has 4 aliphatic rings. The molecule has 6 N–H and O–H groups in total. The van der Waals surface area contributed by atoms with Crippen LogP contribution in [0.1, 0.15) is 153 Å². The van der Waals surface area contributed by atoms with Crippen LogP contribution >= 0.6 is 21.0 Å². The zero-order valence-electron chi connectivity index (χ0n) is 59.1. The van der Waals surface area contributed by atoms with Crippen LogP contribution in [0.25, 0.3) is 22.3 Å². The smallest absolute Gasteiger partial charge is 0.407 e. The first-order chi connectivity index (χ1) is 48.7. The number of ether oxygens (including phenoxy) is 4. The van der Waals surface area contributed by atoms with Gasteiger partial charge < -0.3 is 50.8 Å². The van der Waals surface area contributed by atoms with E-state index in [-0.39, 0.29) is 67.0 Å². The maximum Gasteiger partial charge on any atom is 0.407 e. The van der Waals surface area contributed by atoms with Gasteiger partial charge in [-0.25, -0.2) is 19.2 Å². The molecule has 5 aromatic rings. The molecular formula is C78H92N8O14S2. The number of Topliss-reactive ketones (excluding diaryl/α,β-unsaturated/α-hetero) is 3. The highest BCUT2D eigenvalue weighted by molar-refractivity contribution is 8.17. The van der Waals surface area contributed by atoms with E-state index >= 15 is 0 Å². The highest BCUT2D eigenvalue weighted by Crippen LogP contribution is 2.46. The number of hydrogen-bond donors (Lipinski definition) is 6. The van der Waals surface area contributed by atoms with Gasteiger partial charge in [-0.2, -0.15) is 31.5 Å². The second kappa shape index (κ2) is 36.7. The SMILES string of the molecule is C[C@H](NC(=O)OCC1c2ccccc2-c2ccccc21)C(=O)N[C@@H](CCC(=O)C(=O)OC(C)(C)C)C(=O)C(C#N)=S1CCCC1.C[C@H](NC(=O)[C@H](CCCCNC(=O)OC(C)(C)C)NC(=O)OCC1c2ccccc2-c2ccccc21)C(=O)N[C@@H](Cc1ccccc1)C(=O)C(C#N)=S1CCCC1. The summed E-state index contributed by atoms with van der Waals surface area (Å²) in [5.74, 6) is -2.14. The number of rotatable bonds is 27. The van der Waals surface area contributed by atoms with Crippen molar-refractivity contribution >= 4 is 90.0 Å². The van der Waals surface area contributed by atoms with E-state index in [0.717, 1.165) is 87.3 Å². The fraction of sp³-hybridized carbons (Fsp3) is 0.436. The van der Waals surface area contributed by atoms with E-state index < -0.39 is 122 Å². The molecule has 9 rings (SSSR count). The lowest BCUT2D eigenvalue weighted by atomic mass is 9.98. The molecule has 0 unspecified atom stereocenters. The van der Waals surface area contributed by atoms with Crippen molar-refractivity contribution in [1.82, 2.24) is 31.9 Å². The molecule has 2 aliphatic heterocycles. The van der Waals surface area contributed by atoms with Gasteiger partial charge in [-0.15, -0.1) is 0 Å². The molecule has 0 spiro atoms. The molecule has 540 valence electrons. The van der Waals surface area contributed by atoms with Gasteiger partial charge in [0.2, 0.25) is 35.1 Å². The number of carbonyl (C=O) groups is 10. The fourth-order valence-corrected chi connectivity index (χ4v) is 17.0. The standard InChI is InChI=1S/C44H53N5O7S.C34H39N3O7S/c1-29(40(51)48-37(26-30-16-6-5-7-17-30)39(50)38(27-45)57-24-14-15-25-57)47-41(52)36(22-12-13-23-46-42(53)56-44(2,3)4)49-43(54)55-28-35-33-20-10-8-18-31(33)32-19-9-11-21-34(32)35;1-21(36-33(42)43-20-26-24-13-7-5-11-22(24)23-12-6-8-14-25(23)26)31(40)37-27(15-16-28(38)32(41)44-34(2,3)4)30(39)29(19-35)45-17-9-10-18-45/h5-11,16-21,29,35-37H,12-15,22-26,28H2,1-4H3,(H,46,53)(H,47,52)(H,48,51)(H,49,54);5-8,11-14,21,26-27H,9-10,15-18,20H2,1-4H3,(H,36,42)(H,37,40)/t29-,36-,37-;21-,27-/m00/s1. The van der Waals surface area contributed by atoms with Gasteiger partial charge in [0.1, 0.15) is 64.4 Å². The third kappa shape index (κ3) is 21.9. The number of carbonyl (C=O) groups excluding carboxylic acids is 10. The van der Waals surface area contributed by atoms with Gasteiger partial charge >= 0.3 is 24.2 Å². The van der Waals surface area contributed by atoms with Gasteiger partial charge in [0.05, 0.1) is 12.1 Å². The van der Waals surface area contributed by atoms with Gasteiger partial charge in [-0.05, 0) is 180 Å². The summed E-state index contributed by atoms with van der Waals surface area (Å²) >= 11 is 0. The third-order valence-corrected chi connectivity index (χ3v) is 22.4. The van der Waals surface area contributed by atoms with Crippen LogP contribution in [0.2, 0.25) is 0 Å². The summed E-state index contributed by atoms with van der Waals surface area (Å²) < 4.78 is 21.7. The number of nitriles is 2. The molecule has 2 heterocycles. The van der Waals surface area contributed by atoms with E-state index in [1.807, 2.05) is 133 Å². The molecule has 0 radical (unpaired) electrons. The van der Waals surface area contributed by atoms with Crippen molar-refractivity contribution < 1.29 is 66.9 Å². The second-order valence-electron chi connectivity index (χ2n) is 27.5. The van der Waals surface area contributed by atoms with E-state index in [1.54, 1.807) is 41.5 Å². The summed E-state index contributed by atoms with van der Waals surface area (Å²) in [5.41, 5.74) is 7.82. The van der Waals surface area contributed by atoms with Crippen molar-refractivity contribution in [2.24, 2.45) is 0 Å². The number of nitrogens with one attached hydrogen (secondary N) is 6. The molecule has 6 amide bonds. The van der Waals surface area contributed by atoms with Crippen molar-refractivity contribution in [2.45, 2.75) is 173 Å². The number of alkyl carbamates (subject to hydrolysis) is 3. The lowest BCUT2D eigenvalue weighted by Crippen LogP contribution is -2.55. The van der Waals surface area contributed by atoms with Gasteiger partial charge in [0.25, 0.3) is 0 Å². The van der Waals surface area contributed by atoms with Gasteiger partial charge in [-0.1, -0.05) is 127 Å². The molecule has 0 saturated carbocycles. The average Bonchev–Trinajstić information content (AvgIpc) is 1.62. The van der Waals surface area contributed by atoms with Crippen LogP contribution in [0.15, 0.2) is 127 Å². The number of nitrogens with zero attached hydrogens (tertiary/aromatic N) is 2. The minimum atomic E-state index is -1.24. The lowest BCUT2D eigenvalue weighted by molar-refractivity contribution is -0.162.